The van der Waals surface area contributed by atoms with Crippen molar-refractivity contribution in [2.45, 2.75) is 19.9 Å². The third-order valence-electron chi connectivity index (χ3n) is 3.95. The predicted octanol–water partition coefficient (Wildman–Crippen LogP) is 3.45. The molecule has 1 N–H and O–H groups in total. The highest BCUT2D eigenvalue weighted by atomic mass is 16.5. The molecule has 0 aliphatic carbocycles. The maximum atomic E-state index is 12.7. The summed E-state index contributed by atoms with van der Waals surface area (Å²) in [6.45, 7) is 4.06. The van der Waals surface area contributed by atoms with Crippen LogP contribution in [0.4, 0.5) is 5.69 Å². The highest BCUT2D eigenvalue weighted by Gasteiger charge is 2.22. The minimum atomic E-state index is -0.696. The van der Waals surface area contributed by atoms with Crippen LogP contribution in [0.2, 0.25) is 0 Å². The van der Waals surface area contributed by atoms with Gasteiger partial charge in [-0.1, -0.05) is 18.2 Å². The first-order valence-electron chi connectivity index (χ1n) is 7.96. The van der Waals surface area contributed by atoms with Crippen LogP contribution in [-0.2, 0) is 4.79 Å². The minimum Gasteiger partial charge on any atom is -0.481 e. The van der Waals surface area contributed by atoms with Crippen LogP contribution in [0, 0.1) is 0 Å². The quantitative estimate of drug-likeness (QED) is 0.572. The van der Waals surface area contributed by atoms with Gasteiger partial charge in [0.05, 0.1) is 24.6 Å². The van der Waals surface area contributed by atoms with Gasteiger partial charge < -0.3 is 14.6 Å². The molecule has 3 rings (SSSR count). The molecular formula is C19H19N3O3. The average Bonchev–Trinajstić information content (AvgIpc) is 3.01. The number of benzene rings is 1. The lowest BCUT2D eigenvalue weighted by Crippen LogP contribution is -2.22. The van der Waals surface area contributed by atoms with E-state index < -0.39 is 11.7 Å². The number of amides is 1. The molecule has 0 atom stereocenters. The van der Waals surface area contributed by atoms with E-state index in [1.807, 2.05) is 42.7 Å². The summed E-state index contributed by atoms with van der Waals surface area (Å²) in [6, 6.07) is 11.0. The van der Waals surface area contributed by atoms with Crippen LogP contribution in [0.1, 0.15) is 30.2 Å². The molecule has 0 spiro atoms. The van der Waals surface area contributed by atoms with Crippen LogP contribution in [-0.4, -0.2) is 28.4 Å². The molecule has 0 aliphatic rings. The SMILES string of the molecule is COc1ccc(NC(=O)C(=O)c2cn(C(C)C)c3ccccc23)cn1. The van der Waals surface area contributed by atoms with Crippen molar-refractivity contribution in [2.75, 3.05) is 12.4 Å². The molecule has 0 bridgehead atoms. The summed E-state index contributed by atoms with van der Waals surface area (Å²) in [5.41, 5.74) is 1.76. The number of rotatable bonds is 5. The van der Waals surface area contributed by atoms with E-state index in [1.165, 1.54) is 13.3 Å². The van der Waals surface area contributed by atoms with Crippen molar-refractivity contribution in [3.63, 3.8) is 0 Å². The molecule has 2 aromatic heterocycles. The van der Waals surface area contributed by atoms with Gasteiger partial charge in [-0.05, 0) is 26.0 Å². The Kier molecular flexibility index (Phi) is 4.52. The molecule has 0 unspecified atom stereocenters. The van der Waals surface area contributed by atoms with E-state index in [0.717, 1.165) is 10.9 Å². The lowest BCUT2D eigenvalue weighted by atomic mass is 10.1. The van der Waals surface area contributed by atoms with Crippen molar-refractivity contribution in [1.82, 2.24) is 9.55 Å². The highest BCUT2D eigenvalue weighted by Crippen LogP contribution is 2.25. The topological polar surface area (TPSA) is 73.2 Å². The van der Waals surface area contributed by atoms with Crippen molar-refractivity contribution < 1.29 is 14.3 Å². The smallest absolute Gasteiger partial charge is 0.296 e. The summed E-state index contributed by atoms with van der Waals surface area (Å²) >= 11 is 0. The first kappa shape index (κ1) is 16.7. The Morgan fingerprint density at radius 3 is 2.56 bits per heavy atom. The number of carbonyl (C=O) groups excluding carboxylic acids is 2. The number of para-hydroxylation sites is 1. The number of nitrogens with zero attached hydrogens (tertiary/aromatic N) is 2. The van der Waals surface area contributed by atoms with Crippen LogP contribution in [0.3, 0.4) is 0 Å². The summed E-state index contributed by atoms with van der Waals surface area (Å²) < 4.78 is 6.96. The molecule has 2 heterocycles. The summed E-state index contributed by atoms with van der Waals surface area (Å²) in [5, 5.41) is 3.35. The normalized spacial score (nSPS) is 10.9. The van der Waals surface area contributed by atoms with Gasteiger partial charge in [-0.3, -0.25) is 9.59 Å². The first-order chi connectivity index (χ1) is 12.0. The van der Waals surface area contributed by atoms with E-state index in [-0.39, 0.29) is 6.04 Å². The minimum absolute atomic E-state index is 0.181. The van der Waals surface area contributed by atoms with E-state index in [0.29, 0.717) is 17.1 Å². The molecule has 1 amide bonds. The van der Waals surface area contributed by atoms with Gasteiger partial charge in [0.15, 0.2) is 0 Å². The number of pyridine rings is 1. The Balaban J connectivity index is 1.89. The van der Waals surface area contributed by atoms with Crippen LogP contribution in [0.15, 0.2) is 48.8 Å². The van der Waals surface area contributed by atoms with Crippen molar-refractivity contribution in [2.24, 2.45) is 0 Å². The number of hydrogen-bond acceptors (Lipinski definition) is 4. The van der Waals surface area contributed by atoms with Crippen LogP contribution in [0.5, 0.6) is 5.88 Å². The van der Waals surface area contributed by atoms with Gasteiger partial charge in [-0.15, -0.1) is 0 Å². The van der Waals surface area contributed by atoms with Gasteiger partial charge in [0, 0.05) is 29.2 Å². The lowest BCUT2D eigenvalue weighted by molar-refractivity contribution is -0.112. The second-order valence-electron chi connectivity index (χ2n) is 5.93. The van der Waals surface area contributed by atoms with Crippen LogP contribution < -0.4 is 10.1 Å². The lowest BCUT2D eigenvalue weighted by Gasteiger charge is -2.08. The number of fused-ring (bicyclic) bond motifs is 1. The van der Waals surface area contributed by atoms with Crippen molar-refractivity contribution in [1.29, 1.82) is 0 Å². The molecule has 3 aromatic rings. The van der Waals surface area contributed by atoms with E-state index in [1.54, 1.807) is 18.3 Å². The molecule has 0 radical (unpaired) electrons. The van der Waals surface area contributed by atoms with Gasteiger partial charge in [-0.25, -0.2) is 4.98 Å². The van der Waals surface area contributed by atoms with E-state index in [9.17, 15) is 9.59 Å². The molecule has 0 saturated carbocycles. The Morgan fingerprint density at radius 1 is 1.16 bits per heavy atom. The third kappa shape index (κ3) is 3.24. The van der Waals surface area contributed by atoms with E-state index in [2.05, 4.69) is 10.3 Å². The number of ketones is 1. The number of ether oxygens (including phenoxy) is 1. The van der Waals surface area contributed by atoms with Gasteiger partial charge in [0.1, 0.15) is 0 Å². The zero-order chi connectivity index (χ0) is 18.0. The third-order valence-corrected chi connectivity index (χ3v) is 3.95. The number of Topliss-reactive ketones (excluding diaryl/α,β-unsaturated/α-hetero) is 1. The molecular weight excluding hydrogens is 318 g/mol. The Bertz CT molecular complexity index is 927. The molecule has 0 fully saturated rings. The Hall–Kier alpha value is -3.15. The highest BCUT2D eigenvalue weighted by molar-refractivity contribution is 6.48. The Labute approximate surface area is 145 Å². The average molecular weight is 337 g/mol. The molecule has 128 valence electrons. The molecule has 0 saturated heterocycles. The second kappa shape index (κ2) is 6.76. The zero-order valence-electron chi connectivity index (χ0n) is 14.3. The van der Waals surface area contributed by atoms with Crippen LogP contribution >= 0.6 is 0 Å². The largest absolute Gasteiger partial charge is 0.481 e. The van der Waals surface area contributed by atoms with Gasteiger partial charge >= 0.3 is 0 Å². The standard InChI is InChI=1S/C19H19N3O3/c1-12(2)22-11-15(14-6-4-5-7-16(14)22)18(23)19(24)21-13-8-9-17(25-3)20-10-13/h4-12H,1-3H3,(H,21,24). The van der Waals surface area contributed by atoms with Gasteiger partial charge in [0.25, 0.3) is 11.7 Å². The fraction of sp³-hybridized carbons (Fsp3) is 0.211. The number of methoxy groups -OCH3 is 1. The van der Waals surface area contributed by atoms with Crippen LogP contribution in [0.25, 0.3) is 10.9 Å². The van der Waals surface area contributed by atoms with Crippen molar-refractivity contribution >= 4 is 28.3 Å². The molecule has 1 aromatic carbocycles. The maximum Gasteiger partial charge on any atom is 0.296 e. The van der Waals surface area contributed by atoms with Gasteiger partial charge in [-0.2, -0.15) is 0 Å². The first-order valence-corrected chi connectivity index (χ1v) is 7.96. The number of hydrogen-bond donors (Lipinski definition) is 1. The zero-order valence-corrected chi connectivity index (χ0v) is 14.3. The fourth-order valence-electron chi connectivity index (χ4n) is 2.70. The Morgan fingerprint density at radius 2 is 1.92 bits per heavy atom. The summed E-state index contributed by atoms with van der Waals surface area (Å²) in [5.74, 6) is -0.839. The predicted molar refractivity (Wildman–Crippen MR) is 96.1 cm³/mol. The summed E-state index contributed by atoms with van der Waals surface area (Å²) in [4.78, 5) is 29.0. The molecule has 6 heteroatoms. The monoisotopic (exact) mass is 337 g/mol. The maximum absolute atomic E-state index is 12.7. The number of anilines is 1. The van der Waals surface area contributed by atoms with Gasteiger partial charge in [0.2, 0.25) is 5.88 Å². The fourth-order valence-corrected chi connectivity index (χ4v) is 2.70. The number of nitrogens with one attached hydrogen (secondary N) is 1. The van der Waals surface area contributed by atoms with Crippen molar-refractivity contribution in [3.05, 3.63) is 54.4 Å². The number of carbonyl (C=O) groups is 2. The van der Waals surface area contributed by atoms with E-state index >= 15 is 0 Å². The molecule has 0 aliphatic heterocycles. The van der Waals surface area contributed by atoms with E-state index in [4.69, 9.17) is 4.74 Å². The second-order valence-corrected chi connectivity index (χ2v) is 5.93. The number of aromatic nitrogens is 2. The van der Waals surface area contributed by atoms with Crippen molar-refractivity contribution in [3.8, 4) is 5.88 Å². The summed E-state index contributed by atoms with van der Waals surface area (Å²) in [7, 11) is 1.51. The molecule has 6 nitrogen and oxygen atoms in total. The summed E-state index contributed by atoms with van der Waals surface area (Å²) in [6.07, 6.45) is 3.19. The molecule has 25 heavy (non-hydrogen) atoms.